The minimum Gasteiger partial charge on any atom is -0.486 e. The van der Waals surface area contributed by atoms with Crippen LogP contribution in [0.15, 0.2) is 58.8 Å². The number of hydrogen-bond acceptors (Lipinski definition) is 5. The molecule has 2 aromatic carbocycles. The van der Waals surface area contributed by atoms with Gasteiger partial charge in [-0.3, -0.25) is 0 Å². The van der Waals surface area contributed by atoms with Gasteiger partial charge in [0.1, 0.15) is 41.4 Å². The second kappa shape index (κ2) is 7.02. The minimum absolute atomic E-state index is 0.0167. The number of rotatable bonds is 0. The molecule has 6 heteroatoms. The van der Waals surface area contributed by atoms with Gasteiger partial charge in [-0.15, -0.1) is 0 Å². The van der Waals surface area contributed by atoms with E-state index in [1.165, 1.54) is 0 Å². The Kier molecular flexibility index (Phi) is 4.27. The molecule has 1 aliphatic carbocycles. The third-order valence-electron chi connectivity index (χ3n) is 6.41. The Morgan fingerprint density at radius 3 is 1.78 bits per heavy atom. The molecule has 1 saturated carbocycles. The van der Waals surface area contributed by atoms with Crippen LogP contribution in [0.2, 0.25) is 0 Å². The van der Waals surface area contributed by atoms with Crippen LogP contribution in [0.4, 0.5) is 0 Å². The number of fused-ring (bicyclic) bond motifs is 6. The van der Waals surface area contributed by atoms with Crippen LogP contribution in [0.25, 0.3) is 4.85 Å². The molecule has 6 nitrogen and oxygen atoms in total. The fourth-order valence-corrected chi connectivity index (χ4v) is 5.13. The average molecular weight is 416 g/mol. The molecule has 2 aromatic rings. The smallest absolute Gasteiger partial charge is 0.265 e. The van der Waals surface area contributed by atoms with Gasteiger partial charge >= 0.3 is 0 Å². The van der Waals surface area contributed by atoms with Crippen molar-refractivity contribution in [2.45, 2.75) is 37.9 Å². The number of benzene rings is 2. The molecule has 32 heavy (non-hydrogen) atoms. The molecule has 0 aromatic heterocycles. The zero-order valence-electron chi connectivity index (χ0n) is 17.4. The normalized spacial score (nSPS) is 25.2. The molecule has 3 aliphatic rings. The number of ether oxygens (including phenoxy) is 2. The van der Waals surface area contributed by atoms with E-state index in [2.05, 4.69) is 4.85 Å². The standard InChI is InChI=1S/C26H16N4O2/c1-13-4-6-16-19(8-13)32-26-22(16)21(15(10-27)11-28)25-23(24(26)18(12-29)30-3)17-7-5-14(2)9-20(17)31-25/h4-9,22-23,25-26H,1-2H3/b24-18+. The van der Waals surface area contributed by atoms with Gasteiger partial charge in [-0.1, -0.05) is 24.3 Å². The highest BCUT2D eigenvalue weighted by Crippen LogP contribution is 2.60. The Hall–Kier alpha value is -4.52. The van der Waals surface area contributed by atoms with Crippen LogP contribution < -0.4 is 9.47 Å². The molecule has 0 amide bonds. The Morgan fingerprint density at radius 2 is 1.31 bits per heavy atom. The Morgan fingerprint density at radius 1 is 0.812 bits per heavy atom. The molecule has 4 unspecified atom stereocenters. The van der Waals surface area contributed by atoms with Crippen molar-refractivity contribution in [1.82, 2.24) is 0 Å². The molecule has 152 valence electrons. The van der Waals surface area contributed by atoms with Gasteiger partial charge < -0.3 is 9.47 Å². The summed E-state index contributed by atoms with van der Waals surface area (Å²) in [5.74, 6) is 0.294. The second-order valence-corrected chi connectivity index (χ2v) is 8.20. The van der Waals surface area contributed by atoms with E-state index >= 15 is 0 Å². The molecular formula is C26H16N4O2. The number of aryl methyl sites for hydroxylation is 2. The fourth-order valence-electron chi connectivity index (χ4n) is 5.13. The lowest BCUT2D eigenvalue weighted by Crippen LogP contribution is -2.41. The summed E-state index contributed by atoms with van der Waals surface area (Å²) in [5.41, 5.74) is 4.70. The first-order chi connectivity index (χ1) is 15.5. The molecule has 0 radical (unpaired) electrons. The van der Waals surface area contributed by atoms with Gasteiger partial charge in [-0.25, -0.2) is 10.1 Å². The van der Waals surface area contributed by atoms with Gasteiger partial charge in [-0.05, 0) is 42.7 Å². The van der Waals surface area contributed by atoms with Crippen LogP contribution in [0, 0.1) is 54.4 Å². The van der Waals surface area contributed by atoms with Crippen molar-refractivity contribution in [3.63, 3.8) is 0 Å². The van der Waals surface area contributed by atoms with E-state index in [4.69, 9.17) is 16.0 Å². The maximum absolute atomic E-state index is 9.80. The van der Waals surface area contributed by atoms with Gasteiger partial charge in [0, 0.05) is 22.6 Å². The molecule has 1 fully saturated rings. The third kappa shape index (κ3) is 2.54. The maximum Gasteiger partial charge on any atom is 0.265 e. The molecule has 4 atom stereocenters. The molecule has 5 rings (SSSR count). The minimum atomic E-state index is -0.668. The van der Waals surface area contributed by atoms with Crippen LogP contribution >= 0.6 is 0 Å². The molecule has 2 heterocycles. The van der Waals surface area contributed by atoms with Gasteiger partial charge in [-0.2, -0.15) is 10.5 Å². The second-order valence-electron chi connectivity index (χ2n) is 8.20. The summed E-state index contributed by atoms with van der Waals surface area (Å²) in [6.45, 7) is 11.6. The van der Waals surface area contributed by atoms with Gasteiger partial charge in [0.2, 0.25) is 0 Å². The largest absolute Gasteiger partial charge is 0.486 e. The zero-order valence-corrected chi connectivity index (χ0v) is 17.4. The summed E-state index contributed by atoms with van der Waals surface area (Å²) in [6, 6.07) is 17.7. The number of nitrogens with zero attached hydrogens (tertiary/aromatic N) is 4. The zero-order chi connectivity index (χ0) is 22.6. The monoisotopic (exact) mass is 416 g/mol. The molecule has 0 N–H and O–H groups in total. The topological polar surface area (TPSA) is 94.2 Å². The van der Waals surface area contributed by atoms with Gasteiger partial charge in [0.05, 0.1) is 18.6 Å². The summed E-state index contributed by atoms with van der Waals surface area (Å²) in [7, 11) is 0. The van der Waals surface area contributed by atoms with Crippen LogP contribution in [-0.4, -0.2) is 12.2 Å². The van der Waals surface area contributed by atoms with Crippen molar-refractivity contribution in [2.24, 2.45) is 0 Å². The first-order valence-electron chi connectivity index (χ1n) is 10.1. The van der Waals surface area contributed by atoms with E-state index in [0.717, 1.165) is 22.3 Å². The van der Waals surface area contributed by atoms with Crippen LogP contribution in [0.3, 0.4) is 0 Å². The summed E-state index contributed by atoms with van der Waals surface area (Å²) in [4.78, 5) is 3.52. The maximum atomic E-state index is 9.80. The van der Waals surface area contributed by atoms with Crippen molar-refractivity contribution >= 4 is 0 Å². The van der Waals surface area contributed by atoms with E-state index < -0.39 is 24.0 Å². The van der Waals surface area contributed by atoms with Gasteiger partial charge in [0.25, 0.3) is 5.70 Å². The Balaban J connectivity index is 1.86. The predicted molar refractivity (Wildman–Crippen MR) is 114 cm³/mol. The van der Waals surface area contributed by atoms with E-state index in [1.807, 2.05) is 68.5 Å². The highest BCUT2D eigenvalue weighted by Gasteiger charge is 2.56. The number of allylic oxidation sites excluding steroid dienone is 2. The summed E-state index contributed by atoms with van der Waals surface area (Å²) < 4.78 is 12.7. The summed E-state index contributed by atoms with van der Waals surface area (Å²) in [5, 5.41) is 29.4. The predicted octanol–water partition coefficient (Wildman–Crippen LogP) is 4.75. The number of nitriles is 3. The highest BCUT2D eigenvalue weighted by molar-refractivity contribution is 5.65. The molecule has 0 saturated heterocycles. The first-order valence-corrected chi connectivity index (χ1v) is 10.1. The molecule has 0 bridgehead atoms. The quantitative estimate of drug-likeness (QED) is 0.456. The Bertz CT molecular complexity index is 1280. The SMILES string of the molecule is [C-]#[N+]/C(C#N)=C1/C2Oc3cc(C)ccc3C2C(=C(C#N)C#N)C2Oc3cc(C)ccc3C12. The van der Waals surface area contributed by atoms with Crippen molar-refractivity contribution < 1.29 is 9.47 Å². The Labute approximate surface area is 185 Å². The molecule has 0 spiro atoms. The van der Waals surface area contributed by atoms with Crippen LogP contribution in [0.1, 0.15) is 34.1 Å². The summed E-state index contributed by atoms with van der Waals surface area (Å²) >= 11 is 0. The van der Waals surface area contributed by atoms with E-state index in [0.29, 0.717) is 22.6 Å². The lowest BCUT2D eigenvalue weighted by Gasteiger charge is -2.38. The van der Waals surface area contributed by atoms with Crippen molar-refractivity contribution in [3.8, 4) is 29.7 Å². The highest BCUT2D eigenvalue weighted by atomic mass is 16.5. The fraction of sp³-hybridized carbons (Fsp3) is 0.231. The molecule has 2 aliphatic heterocycles. The lowest BCUT2D eigenvalue weighted by atomic mass is 9.66. The number of hydrogen-bond donors (Lipinski definition) is 0. The van der Waals surface area contributed by atoms with E-state index in [1.54, 1.807) is 0 Å². The summed E-state index contributed by atoms with van der Waals surface area (Å²) in [6.07, 6.45) is -1.34. The first kappa shape index (κ1) is 19.4. The van der Waals surface area contributed by atoms with Crippen LogP contribution in [-0.2, 0) is 0 Å². The van der Waals surface area contributed by atoms with Crippen molar-refractivity contribution in [2.75, 3.05) is 0 Å². The average Bonchev–Trinajstić information content (AvgIpc) is 3.33. The van der Waals surface area contributed by atoms with E-state index in [9.17, 15) is 15.8 Å². The van der Waals surface area contributed by atoms with Crippen LogP contribution in [0.5, 0.6) is 11.5 Å². The van der Waals surface area contributed by atoms with Gasteiger partial charge in [0.15, 0.2) is 0 Å². The molecular weight excluding hydrogens is 400 g/mol. The third-order valence-corrected chi connectivity index (χ3v) is 6.41. The van der Waals surface area contributed by atoms with Crippen molar-refractivity contribution in [1.29, 1.82) is 15.8 Å². The lowest BCUT2D eigenvalue weighted by molar-refractivity contribution is 0.170. The van der Waals surface area contributed by atoms with E-state index in [-0.39, 0.29) is 11.3 Å². The van der Waals surface area contributed by atoms with Crippen molar-refractivity contribution in [3.05, 3.63) is 92.5 Å².